The normalized spacial score (nSPS) is 22.5. The quantitative estimate of drug-likeness (QED) is 0.867. The van der Waals surface area contributed by atoms with Crippen molar-refractivity contribution in [1.82, 2.24) is 5.32 Å². The van der Waals surface area contributed by atoms with E-state index in [1.165, 1.54) is 24.0 Å². The van der Waals surface area contributed by atoms with Crippen molar-refractivity contribution in [3.8, 4) is 0 Å². The Morgan fingerprint density at radius 2 is 2.05 bits per heavy atom. The molecule has 3 N–H and O–H groups in total. The third-order valence-corrected chi connectivity index (χ3v) is 4.39. The van der Waals surface area contributed by atoms with Gasteiger partial charge in [-0.1, -0.05) is 37.1 Å². The monoisotopic (exact) mass is 274 g/mol. The molecule has 0 bridgehead atoms. The Morgan fingerprint density at radius 3 is 2.80 bits per heavy atom. The maximum Gasteiger partial charge on any atom is 0.220 e. The van der Waals surface area contributed by atoms with Gasteiger partial charge in [-0.05, 0) is 43.2 Å². The highest BCUT2D eigenvalue weighted by molar-refractivity contribution is 5.76. The number of hydrogen-bond donors (Lipinski definition) is 2. The SMILES string of the molecule is Cc1ccccc1CCNC(=O)CC1CCCCC1N. The number of aryl methyl sites for hydroxylation is 1. The van der Waals surface area contributed by atoms with Crippen molar-refractivity contribution in [2.75, 3.05) is 6.54 Å². The fraction of sp³-hybridized carbons (Fsp3) is 0.588. The van der Waals surface area contributed by atoms with E-state index < -0.39 is 0 Å². The van der Waals surface area contributed by atoms with E-state index in [1.807, 2.05) is 12.1 Å². The van der Waals surface area contributed by atoms with E-state index in [0.29, 0.717) is 18.9 Å². The summed E-state index contributed by atoms with van der Waals surface area (Å²) in [5.41, 5.74) is 8.68. The molecule has 1 aromatic carbocycles. The Kier molecular flexibility index (Phi) is 5.60. The molecule has 0 aromatic heterocycles. The first-order chi connectivity index (χ1) is 9.66. The summed E-state index contributed by atoms with van der Waals surface area (Å²) in [6.45, 7) is 2.82. The highest BCUT2D eigenvalue weighted by Crippen LogP contribution is 2.25. The summed E-state index contributed by atoms with van der Waals surface area (Å²) in [4.78, 5) is 12.0. The molecule has 0 radical (unpaired) electrons. The Labute approximate surface area is 121 Å². The van der Waals surface area contributed by atoms with Crippen LogP contribution in [0.4, 0.5) is 0 Å². The van der Waals surface area contributed by atoms with Crippen LogP contribution < -0.4 is 11.1 Å². The topological polar surface area (TPSA) is 55.1 Å². The van der Waals surface area contributed by atoms with Gasteiger partial charge in [-0.25, -0.2) is 0 Å². The molecule has 1 fully saturated rings. The molecule has 1 saturated carbocycles. The number of benzene rings is 1. The van der Waals surface area contributed by atoms with Crippen LogP contribution in [0.15, 0.2) is 24.3 Å². The molecule has 0 aliphatic heterocycles. The van der Waals surface area contributed by atoms with E-state index in [2.05, 4.69) is 24.4 Å². The molecule has 0 saturated heterocycles. The van der Waals surface area contributed by atoms with Gasteiger partial charge in [0, 0.05) is 19.0 Å². The molecule has 2 rings (SSSR count). The minimum Gasteiger partial charge on any atom is -0.356 e. The van der Waals surface area contributed by atoms with Gasteiger partial charge in [-0.15, -0.1) is 0 Å². The standard InChI is InChI=1S/C17H26N2O/c1-13-6-2-3-7-14(13)10-11-19-17(20)12-15-8-4-5-9-16(15)18/h2-3,6-7,15-16H,4-5,8-12,18H2,1H3,(H,19,20). The Morgan fingerprint density at radius 1 is 1.30 bits per heavy atom. The van der Waals surface area contributed by atoms with Gasteiger partial charge >= 0.3 is 0 Å². The molecule has 0 heterocycles. The van der Waals surface area contributed by atoms with E-state index in [9.17, 15) is 4.79 Å². The second-order valence-electron chi connectivity index (χ2n) is 5.94. The van der Waals surface area contributed by atoms with Crippen LogP contribution in [0.5, 0.6) is 0 Å². The molecule has 1 aliphatic rings. The number of nitrogens with one attached hydrogen (secondary N) is 1. The van der Waals surface area contributed by atoms with E-state index >= 15 is 0 Å². The van der Waals surface area contributed by atoms with Crippen molar-refractivity contribution < 1.29 is 4.79 Å². The average Bonchev–Trinajstić information content (AvgIpc) is 2.43. The van der Waals surface area contributed by atoms with Gasteiger partial charge in [0.15, 0.2) is 0 Å². The molecule has 1 aromatic rings. The van der Waals surface area contributed by atoms with Crippen molar-refractivity contribution in [3.63, 3.8) is 0 Å². The van der Waals surface area contributed by atoms with Crippen LogP contribution in [-0.2, 0) is 11.2 Å². The number of rotatable bonds is 5. The Hall–Kier alpha value is -1.35. The Bertz CT molecular complexity index is 444. The van der Waals surface area contributed by atoms with Crippen molar-refractivity contribution >= 4 is 5.91 Å². The number of hydrogen-bond acceptors (Lipinski definition) is 2. The van der Waals surface area contributed by atoms with E-state index in [4.69, 9.17) is 5.73 Å². The highest BCUT2D eigenvalue weighted by atomic mass is 16.1. The molecule has 2 unspecified atom stereocenters. The van der Waals surface area contributed by atoms with Gasteiger partial charge in [-0.2, -0.15) is 0 Å². The predicted octanol–water partition coefficient (Wildman–Crippen LogP) is 2.56. The number of carbonyl (C=O) groups excluding carboxylic acids is 1. The maximum absolute atomic E-state index is 12.0. The minimum atomic E-state index is 0.154. The summed E-state index contributed by atoms with van der Waals surface area (Å²) < 4.78 is 0. The van der Waals surface area contributed by atoms with Crippen LogP contribution in [0.3, 0.4) is 0 Å². The molecule has 20 heavy (non-hydrogen) atoms. The molecule has 3 heteroatoms. The molecule has 0 spiro atoms. The predicted molar refractivity (Wildman–Crippen MR) is 82.4 cm³/mol. The van der Waals surface area contributed by atoms with Crippen molar-refractivity contribution in [3.05, 3.63) is 35.4 Å². The van der Waals surface area contributed by atoms with Gasteiger partial charge in [-0.3, -0.25) is 4.79 Å². The van der Waals surface area contributed by atoms with Gasteiger partial charge in [0.2, 0.25) is 5.91 Å². The van der Waals surface area contributed by atoms with Crippen LogP contribution in [0.25, 0.3) is 0 Å². The highest BCUT2D eigenvalue weighted by Gasteiger charge is 2.23. The Balaban J connectivity index is 1.71. The second-order valence-corrected chi connectivity index (χ2v) is 5.94. The zero-order valence-electron chi connectivity index (χ0n) is 12.4. The first-order valence-corrected chi connectivity index (χ1v) is 7.73. The van der Waals surface area contributed by atoms with E-state index in [1.54, 1.807) is 0 Å². The second kappa shape index (κ2) is 7.44. The van der Waals surface area contributed by atoms with Crippen LogP contribution in [-0.4, -0.2) is 18.5 Å². The van der Waals surface area contributed by atoms with Crippen molar-refractivity contribution in [1.29, 1.82) is 0 Å². The number of nitrogens with two attached hydrogens (primary N) is 1. The lowest BCUT2D eigenvalue weighted by atomic mass is 9.83. The molecule has 1 aliphatic carbocycles. The van der Waals surface area contributed by atoms with Gasteiger partial charge in [0.05, 0.1) is 0 Å². The lowest BCUT2D eigenvalue weighted by Gasteiger charge is -2.27. The summed E-state index contributed by atoms with van der Waals surface area (Å²) in [7, 11) is 0. The van der Waals surface area contributed by atoms with Crippen molar-refractivity contribution in [2.24, 2.45) is 11.7 Å². The third kappa shape index (κ3) is 4.34. The summed E-state index contributed by atoms with van der Waals surface area (Å²) in [6.07, 6.45) is 6.10. The lowest BCUT2D eigenvalue weighted by molar-refractivity contribution is -0.122. The smallest absolute Gasteiger partial charge is 0.220 e. The van der Waals surface area contributed by atoms with Gasteiger partial charge in [0.25, 0.3) is 0 Å². The number of carbonyl (C=O) groups is 1. The van der Waals surface area contributed by atoms with Crippen molar-refractivity contribution in [2.45, 2.75) is 51.5 Å². The number of amides is 1. The minimum absolute atomic E-state index is 0.154. The van der Waals surface area contributed by atoms with E-state index in [0.717, 1.165) is 19.3 Å². The first kappa shape index (κ1) is 15.0. The average molecular weight is 274 g/mol. The maximum atomic E-state index is 12.0. The molecule has 2 atom stereocenters. The molecular formula is C17H26N2O. The van der Waals surface area contributed by atoms with E-state index in [-0.39, 0.29) is 11.9 Å². The first-order valence-electron chi connectivity index (χ1n) is 7.73. The zero-order chi connectivity index (χ0) is 14.4. The van der Waals surface area contributed by atoms with Crippen LogP contribution in [0.1, 0.15) is 43.2 Å². The summed E-state index contributed by atoms with van der Waals surface area (Å²) in [6, 6.07) is 8.54. The zero-order valence-corrected chi connectivity index (χ0v) is 12.4. The molecular weight excluding hydrogens is 248 g/mol. The third-order valence-electron chi connectivity index (χ3n) is 4.39. The lowest BCUT2D eigenvalue weighted by Crippen LogP contribution is -2.37. The largest absolute Gasteiger partial charge is 0.356 e. The fourth-order valence-electron chi connectivity index (χ4n) is 3.03. The summed E-state index contributed by atoms with van der Waals surface area (Å²) in [5, 5.41) is 3.03. The van der Waals surface area contributed by atoms with Crippen LogP contribution >= 0.6 is 0 Å². The van der Waals surface area contributed by atoms with Crippen LogP contribution in [0, 0.1) is 12.8 Å². The fourth-order valence-corrected chi connectivity index (χ4v) is 3.03. The van der Waals surface area contributed by atoms with Gasteiger partial charge in [0.1, 0.15) is 0 Å². The van der Waals surface area contributed by atoms with Gasteiger partial charge < -0.3 is 11.1 Å². The summed E-state index contributed by atoms with van der Waals surface area (Å²) >= 11 is 0. The molecule has 110 valence electrons. The molecule has 3 nitrogen and oxygen atoms in total. The van der Waals surface area contributed by atoms with Crippen LogP contribution in [0.2, 0.25) is 0 Å². The summed E-state index contributed by atoms with van der Waals surface area (Å²) in [5.74, 6) is 0.531. The molecule has 1 amide bonds.